The lowest BCUT2D eigenvalue weighted by atomic mass is 10.2. The molecule has 6 nitrogen and oxygen atoms in total. The van der Waals surface area contributed by atoms with Gasteiger partial charge in [-0.3, -0.25) is 9.59 Å². The number of amides is 2. The molecule has 1 aliphatic heterocycles. The number of nitrogens with zero attached hydrogens (tertiary/aromatic N) is 1. The van der Waals surface area contributed by atoms with Crippen LogP contribution in [0.3, 0.4) is 0 Å². The van der Waals surface area contributed by atoms with Crippen molar-refractivity contribution in [2.75, 3.05) is 23.9 Å². The van der Waals surface area contributed by atoms with Gasteiger partial charge < -0.3 is 20.7 Å². The SMILES string of the molecule is CC(N)CC(=O)Nc1ccc2c(c1)N(C)C(=O)CO2.Cl. The summed E-state index contributed by atoms with van der Waals surface area (Å²) in [5.41, 5.74) is 6.83. The van der Waals surface area contributed by atoms with Crippen molar-refractivity contribution in [1.82, 2.24) is 0 Å². The number of benzene rings is 1. The van der Waals surface area contributed by atoms with Gasteiger partial charge in [-0.25, -0.2) is 0 Å². The average molecular weight is 300 g/mol. The van der Waals surface area contributed by atoms with Gasteiger partial charge in [-0.1, -0.05) is 0 Å². The first-order valence-corrected chi connectivity index (χ1v) is 6.06. The van der Waals surface area contributed by atoms with Crippen molar-refractivity contribution in [2.24, 2.45) is 5.73 Å². The highest BCUT2D eigenvalue weighted by molar-refractivity contribution is 5.99. The van der Waals surface area contributed by atoms with Crippen molar-refractivity contribution in [3.8, 4) is 5.75 Å². The van der Waals surface area contributed by atoms with Gasteiger partial charge in [0.05, 0.1) is 5.69 Å². The minimum atomic E-state index is -0.190. The van der Waals surface area contributed by atoms with Gasteiger partial charge in [-0.2, -0.15) is 0 Å². The molecule has 0 spiro atoms. The van der Waals surface area contributed by atoms with Gasteiger partial charge in [-0.15, -0.1) is 12.4 Å². The Bertz CT molecular complexity index is 520. The highest BCUT2D eigenvalue weighted by Crippen LogP contribution is 2.33. The quantitative estimate of drug-likeness (QED) is 0.876. The number of rotatable bonds is 3. The van der Waals surface area contributed by atoms with E-state index in [-0.39, 0.29) is 43.3 Å². The van der Waals surface area contributed by atoms with E-state index in [4.69, 9.17) is 10.5 Å². The Morgan fingerprint density at radius 3 is 2.90 bits per heavy atom. The largest absolute Gasteiger partial charge is 0.482 e. The van der Waals surface area contributed by atoms with E-state index in [1.165, 1.54) is 4.90 Å². The zero-order valence-corrected chi connectivity index (χ0v) is 12.2. The number of hydrogen-bond donors (Lipinski definition) is 2. The van der Waals surface area contributed by atoms with E-state index in [0.717, 1.165) is 0 Å². The number of carbonyl (C=O) groups is 2. The number of carbonyl (C=O) groups excluding carboxylic acids is 2. The number of hydrogen-bond acceptors (Lipinski definition) is 4. The first kappa shape index (κ1) is 16.3. The number of ether oxygens (including phenoxy) is 1. The van der Waals surface area contributed by atoms with Crippen LogP contribution in [0.1, 0.15) is 13.3 Å². The second-order valence-electron chi connectivity index (χ2n) is 4.65. The first-order chi connectivity index (χ1) is 8.97. The Hall–Kier alpha value is -1.79. The Morgan fingerprint density at radius 2 is 2.25 bits per heavy atom. The lowest BCUT2D eigenvalue weighted by Gasteiger charge is -2.26. The Labute approximate surface area is 123 Å². The van der Waals surface area contributed by atoms with Crippen molar-refractivity contribution >= 4 is 35.6 Å². The molecule has 0 radical (unpaired) electrons. The minimum absolute atomic E-state index is 0. The maximum atomic E-state index is 11.6. The molecule has 0 saturated carbocycles. The monoisotopic (exact) mass is 299 g/mol. The van der Waals surface area contributed by atoms with Crippen LogP contribution < -0.4 is 20.7 Å². The highest BCUT2D eigenvalue weighted by atomic mass is 35.5. The van der Waals surface area contributed by atoms with Crippen LogP contribution in [0.4, 0.5) is 11.4 Å². The van der Waals surface area contributed by atoms with Crippen LogP contribution in [0.5, 0.6) is 5.75 Å². The molecule has 1 aliphatic rings. The smallest absolute Gasteiger partial charge is 0.264 e. The van der Waals surface area contributed by atoms with E-state index in [9.17, 15) is 9.59 Å². The predicted molar refractivity (Wildman–Crippen MR) is 79.5 cm³/mol. The standard InChI is InChI=1S/C13H17N3O3.ClH/c1-8(14)5-12(17)15-9-3-4-11-10(6-9)16(2)13(18)7-19-11;/h3-4,6,8H,5,7,14H2,1-2H3,(H,15,17);1H. The lowest BCUT2D eigenvalue weighted by molar-refractivity contribution is -0.121. The molecule has 1 heterocycles. The van der Waals surface area contributed by atoms with Gasteiger partial charge in [0, 0.05) is 25.2 Å². The molecule has 0 saturated heterocycles. The number of likely N-dealkylation sites (N-methyl/N-ethyl adjacent to an activating group) is 1. The van der Waals surface area contributed by atoms with Gasteiger partial charge in [0.25, 0.3) is 5.91 Å². The van der Waals surface area contributed by atoms with Gasteiger partial charge in [0.15, 0.2) is 6.61 Å². The van der Waals surface area contributed by atoms with Crippen molar-refractivity contribution < 1.29 is 14.3 Å². The number of fused-ring (bicyclic) bond motifs is 1. The normalized spacial score (nSPS) is 14.8. The van der Waals surface area contributed by atoms with Crippen LogP contribution >= 0.6 is 12.4 Å². The van der Waals surface area contributed by atoms with Crippen LogP contribution in [0, 0.1) is 0 Å². The van der Waals surface area contributed by atoms with Crippen molar-refractivity contribution in [3.05, 3.63) is 18.2 Å². The van der Waals surface area contributed by atoms with Crippen LogP contribution in [-0.2, 0) is 9.59 Å². The van der Waals surface area contributed by atoms with Gasteiger partial charge >= 0.3 is 0 Å². The molecule has 1 unspecified atom stereocenters. The maximum absolute atomic E-state index is 11.6. The van der Waals surface area contributed by atoms with E-state index in [0.29, 0.717) is 17.1 Å². The topological polar surface area (TPSA) is 84.7 Å². The summed E-state index contributed by atoms with van der Waals surface area (Å²) < 4.78 is 5.31. The molecular formula is C13H18ClN3O3. The van der Waals surface area contributed by atoms with Crippen LogP contribution in [0.2, 0.25) is 0 Å². The number of nitrogens with two attached hydrogens (primary N) is 1. The molecule has 2 amide bonds. The summed E-state index contributed by atoms with van der Waals surface area (Å²) in [7, 11) is 1.68. The van der Waals surface area contributed by atoms with Crippen LogP contribution in [0.15, 0.2) is 18.2 Å². The van der Waals surface area contributed by atoms with Crippen molar-refractivity contribution in [3.63, 3.8) is 0 Å². The van der Waals surface area contributed by atoms with Gasteiger partial charge in [0.1, 0.15) is 5.75 Å². The zero-order valence-electron chi connectivity index (χ0n) is 11.4. The fourth-order valence-corrected chi connectivity index (χ4v) is 1.85. The summed E-state index contributed by atoms with van der Waals surface area (Å²) in [6.45, 7) is 1.81. The number of nitrogens with one attached hydrogen (secondary N) is 1. The molecule has 1 atom stereocenters. The molecule has 0 aliphatic carbocycles. The maximum Gasteiger partial charge on any atom is 0.264 e. The third-order valence-electron chi connectivity index (χ3n) is 2.84. The summed E-state index contributed by atoms with van der Waals surface area (Å²) in [5, 5.41) is 2.75. The van der Waals surface area contributed by atoms with Gasteiger partial charge in [0.2, 0.25) is 5.91 Å². The van der Waals surface area contributed by atoms with Gasteiger partial charge in [-0.05, 0) is 25.1 Å². The highest BCUT2D eigenvalue weighted by Gasteiger charge is 2.22. The second kappa shape index (κ2) is 6.58. The molecule has 20 heavy (non-hydrogen) atoms. The summed E-state index contributed by atoms with van der Waals surface area (Å²) in [6, 6.07) is 5.00. The van der Waals surface area contributed by atoms with Crippen LogP contribution in [0.25, 0.3) is 0 Å². The lowest BCUT2D eigenvalue weighted by Crippen LogP contribution is -2.35. The zero-order chi connectivity index (χ0) is 14.0. The van der Waals surface area contributed by atoms with Crippen LogP contribution in [-0.4, -0.2) is 31.5 Å². The summed E-state index contributed by atoms with van der Waals surface area (Å²) in [5.74, 6) is 0.361. The summed E-state index contributed by atoms with van der Waals surface area (Å²) in [6.07, 6.45) is 0.252. The van der Waals surface area contributed by atoms with E-state index < -0.39 is 0 Å². The molecule has 0 bridgehead atoms. The fraction of sp³-hybridized carbons (Fsp3) is 0.385. The predicted octanol–water partition coefficient (Wildman–Crippen LogP) is 1.14. The first-order valence-electron chi connectivity index (χ1n) is 6.06. The molecular weight excluding hydrogens is 282 g/mol. The Morgan fingerprint density at radius 1 is 1.55 bits per heavy atom. The fourth-order valence-electron chi connectivity index (χ4n) is 1.85. The van der Waals surface area contributed by atoms with E-state index in [1.54, 1.807) is 32.2 Å². The van der Waals surface area contributed by atoms with E-state index >= 15 is 0 Å². The number of anilines is 2. The van der Waals surface area contributed by atoms with E-state index in [1.807, 2.05) is 0 Å². The molecule has 1 aromatic rings. The number of halogens is 1. The Balaban J connectivity index is 0.00000200. The van der Waals surface area contributed by atoms with Crippen molar-refractivity contribution in [1.29, 1.82) is 0 Å². The molecule has 3 N–H and O–H groups in total. The summed E-state index contributed by atoms with van der Waals surface area (Å²) in [4.78, 5) is 24.7. The average Bonchev–Trinajstić information content (AvgIpc) is 2.33. The molecule has 110 valence electrons. The molecule has 7 heteroatoms. The van der Waals surface area contributed by atoms with Crippen molar-refractivity contribution in [2.45, 2.75) is 19.4 Å². The molecule has 1 aromatic carbocycles. The third kappa shape index (κ3) is 3.61. The minimum Gasteiger partial charge on any atom is -0.482 e. The summed E-state index contributed by atoms with van der Waals surface area (Å²) >= 11 is 0. The molecule has 0 aromatic heterocycles. The second-order valence-corrected chi connectivity index (χ2v) is 4.65. The third-order valence-corrected chi connectivity index (χ3v) is 2.84. The van der Waals surface area contributed by atoms with E-state index in [2.05, 4.69) is 5.32 Å². The molecule has 0 fully saturated rings. The molecule has 2 rings (SSSR count). The Kier molecular flexibility index (Phi) is 5.35.